The molecule has 0 saturated heterocycles. The van der Waals surface area contributed by atoms with Gasteiger partial charge < -0.3 is 9.67 Å². The van der Waals surface area contributed by atoms with Crippen molar-refractivity contribution in [3.05, 3.63) is 41.6 Å². The quantitative estimate of drug-likeness (QED) is 0.866. The van der Waals surface area contributed by atoms with Gasteiger partial charge in [0.1, 0.15) is 5.82 Å². The molecule has 1 heterocycles. The number of rotatable bonds is 2. The van der Waals surface area contributed by atoms with Crippen LogP contribution in [0.25, 0.3) is 11.3 Å². The van der Waals surface area contributed by atoms with E-state index in [1.54, 1.807) is 32.3 Å². The lowest BCUT2D eigenvalue weighted by atomic mass is 10.1. The van der Waals surface area contributed by atoms with Crippen LogP contribution in [0.2, 0.25) is 0 Å². The molecule has 5 heteroatoms. The number of carboxylic acid groups (broad SMARTS) is 1. The summed E-state index contributed by atoms with van der Waals surface area (Å²) in [5.41, 5.74) is 1.73. The van der Waals surface area contributed by atoms with Gasteiger partial charge in [0.15, 0.2) is 0 Å². The SMILES string of the molecule is Cc1cc(-c2cn(C)c(C(=O)O)n2)ccc1F. The summed E-state index contributed by atoms with van der Waals surface area (Å²) in [6.07, 6.45) is 1.61. The minimum absolute atomic E-state index is 0.0398. The van der Waals surface area contributed by atoms with Gasteiger partial charge >= 0.3 is 5.97 Å². The van der Waals surface area contributed by atoms with E-state index in [2.05, 4.69) is 4.98 Å². The normalized spacial score (nSPS) is 10.5. The maximum Gasteiger partial charge on any atom is 0.372 e. The summed E-state index contributed by atoms with van der Waals surface area (Å²) < 4.78 is 14.5. The van der Waals surface area contributed by atoms with Crippen LogP contribution in [-0.2, 0) is 7.05 Å². The number of aromatic nitrogens is 2. The molecule has 88 valence electrons. The van der Waals surface area contributed by atoms with Crippen LogP contribution in [0.15, 0.2) is 24.4 Å². The molecule has 0 radical (unpaired) electrons. The van der Waals surface area contributed by atoms with Gasteiger partial charge in [0.25, 0.3) is 0 Å². The summed E-state index contributed by atoms with van der Waals surface area (Å²) in [5.74, 6) is -1.41. The number of hydrogen-bond donors (Lipinski definition) is 1. The average molecular weight is 234 g/mol. The predicted octanol–water partition coefficient (Wildman–Crippen LogP) is 2.23. The first kappa shape index (κ1) is 11.3. The van der Waals surface area contributed by atoms with Crippen molar-refractivity contribution in [2.45, 2.75) is 6.92 Å². The lowest BCUT2D eigenvalue weighted by Crippen LogP contribution is -2.04. The summed E-state index contributed by atoms with van der Waals surface area (Å²) in [5, 5.41) is 8.88. The van der Waals surface area contributed by atoms with Crippen molar-refractivity contribution in [1.29, 1.82) is 0 Å². The Morgan fingerprint density at radius 1 is 1.47 bits per heavy atom. The zero-order chi connectivity index (χ0) is 12.6. The predicted molar refractivity (Wildman–Crippen MR) is 60.3 cm³/mol. The average Bonchev–Trinajstić information content (AvgIpc) is 2.64. The van der Waals surface area contributed by atoms with Gasteiger partial charge in [-0.15, -0.1) is 0 Å². The number of halogens is 1. The molecule has 1 aromatic heterocycles. The Hall–Kier alpha value is -2.17. The van der Waals surface area contributed by atoms with Crippen LogP contribution < -0.4 is 0 Å². The molecule has 1 N–H and O–H groups in total. The second-order valence-corrected chi connectivity index (χ2v) is 3.83. The lowest BCUT2D eigenvalue weighted by molar-refractivity contribution is 0.0680. The van der Waals surface area contributed by atoms with E-state index < -0.39 is 5.97 Å². The highest BCUT2D eigenvalue weighted by molar-refractivity contribution is 5.84. The van der Waals surface area contributed by atoms with Crippen molar-refractivity contribution >= 4 is 5.97 Å². The fourth-order valence-electron chi connectivity index (χ4n) is 1.61. The topological polar surface area (TPSA) is 55.1 Å². The van der Waals surface area contributed by atoms with E-state index in [0.717, 1.165) is 0 Å². The van der Waals surface area contributed by atoms with E-state index in [1.165, 1.54) is 10.6 Å². The minimum Gasteiger partial charge on any atom is -0.475 e. The zero-order valence-corrected chi connectivity index (χ0v) is 9.44. The number of carboxylic acids is 1. The minimum atomic E-state index is -1.09. The summed E-state index contributed by atoms with van der Waals surface area (Å²) in [6, 6.07) is 4.57. The van der Waals surface area contributed by atoms with Crippen LogP contribution in [0.1, 0.15) is 16.2 Å². The van der Waals surface area contributed by atoms with Gasteiger partial charge in [-0.25, -0.2) is 14.2 Å². The van der Waals surface area contributed by atoms with Crippen molar-refractivity contribution < 1.29 is 14.3 Å². The largest absolute Gasteiger partial charge is 0.475 e. The Bertz CT molecular complexity index is 590. The molecular formula is C12H11FN2O2. The smallest absolute Gasteiger partial charge is 0.372 e. The van der Waals surface area contributed by atoms with E-state index in [4.69, 9.17) is 5.11 Å². The van der Waals surface area contributed by atoms with Gasteiger partial charge in [-0.1, -0.05) is 0 Å². The molecule has 0 unspecified atom stereocenters. The molecule has 17 heavy (non-hydrogen) atoms. The molecule has 0 aliphatic carbocycles. The maximum absolute atomic E-state index is 13.1. The van der Waals surface area contributed by atoms with Crippen molar-refractivity contribution in [2.75, 3.05) is 0 Å². The van der Waals surface area contributed by atoms with Crippen LogP contribution in [0.3, 0.4) is 0 Å². The number of aromatic carboxylic acids is 1. The molecule has 0 aliphatic heterocycles. The summed E-state index contributed by atoms with van der Waals surface area (Å²) in [7, 11) is 1.61. The van der Waals surface area contributed by atoms with E-state index in [9.17, 15) is 9.18 Å². The Morgan fingerprint density at radius 2 is 2.18 bits per heavy atom. The third-order valence-corrected chi connectivity index (χ3v) is 2.52. The second-order valence-electron chi connectivity index (χ2n) is 3.83. The molecule has 1 aromatic carbocycles. The lowest BCUT2D eigenvalue weighted by Gasteiger charge is -1.99. The van der Waals surface area contributed by atoms with Crippen LogP contribution in [0, 0.1) is 12.7 Å². The summed E-state index contributed by atoms with van der Waals surface area (Å²) in [4.78, 5) is 14.8. The number of carbonyl (C=O) groups is 1. The first-order valence-corrected chi connectivity index (χ1v) is 5.02. The maximum atomic E-state index is 13.1. The van der Waals surface area contributed by atoms with Crippen LogP contribution in [0.5, 0.6) is 0 Å². The molecule has 4 nitrogen and oxygen atoms in total. The molecule has 0 amide bonds. The molecular weight excluding hydrogens is 223 g/mol. The molecule has 0 bridgehead atoms. The highest BCUT2D eigenvalue weighted by Gasteiger charge is 2.13. The number of nitrogens with zero attached hydrogens (tertiary/aromatic N) is 2. The zero-order valence-electron chi connectivity index (χ0n) is 9.44. The molecule has 0 atom stereocenters. The molecule has 2 rings (SSSR count). The van der Waals surface area contributed by atoms with E-state index in [-0.39, 0.29) is 11.6 Å². The molecule has 0 saturated carbocycles. The van der Waals surface area contributed by atoms with Gasteiger partial charge in [0.2, 0.25) is 5.82 Å². The third kappa shape index (κ3) is 2.04. The molecule has 0 fully saturated rings. The van der Waals surface area contributed by atoms with Gasteiger partial charge in [-0.05, 0) is 30.7 Å². The van der Waals surface area contributed by atoms with E-state index >= 15 is 0 Å². The monoisotopic (exact) mass is 234 g/mol. The number of benzene rings is 1. The van der Waals surface area contributed by atoms with Crippen LogP contribution >= 0.6 is 0 Å². The van der Waals surface area contributed by atoms with Gasteiger partial charge in [-0.3, -0.25) is 0 Å². The summed E-state index contributed by atoms with van der Waals surface area (Å²) >= 11 is 0. The van der Waals surface area contributed by atoms with Crippen molar-refractivity contribution in [3.63, 3.8) is 0 Å². The number of imidazole rings is 1. The van der Waals surface area contributed by atoms with E-state index in [0.29, 0.717) is 16.8 Å². The Labute approximate surface area is 97.3 Å². The van der Waals surface area contributed by atoms with Gasteiger partial charge in [-0.2, -0.15) is 0 Å². The Kier molecular flexibility index (Phi) is 2.67. The van der Waals surface area contributed by atoms with Crippen LogP contribution in [-0.4, -0.2) is 20.6 Å². The first-order valence-electron chi connectivity index (χ1n) is 5.02. The molecule has 0 aliphatic rings. The molecule has 0 spiro atoms. The van der Waals surface area contributed by atoms with Crippen LogP contribution in [0.4, 0.5) is 4.39 Å². The Morgan fingerprint density at radius 3 is 2.71 bits per heavy atom. The highest BCUT2D eigenvalue weighted by atomic mass is 19.1. The van der Waals surface area contributed by atoms with Crippen molar-refractivity contribution in [3.8, 4) is 11.3 Å². The highest BCUT2D eigenvalue weighted by Crippen LogP contribution is 2.21. The Balaban J connectivity index is 2.50. The fraction of sp³-hybridized carbons (Fsp3) is 0.167. The molecule has 2 aromatic rings. The summed E-state index contributed by atoms with van der Waals surface area (Å²) in [6.45, 7) is 1.65. The van der Waals surface area contributed by atoms with Crippen molar-refractivity contribution in [2.24, 2.45) is 7.05 Å². The van der Waals surface area contributed by atoms with Crippen molar-refractivity contribution in [1.82, 2.24) is 9.55 Å². The first-order chi connectivity index (χ1) is 7.99. The van der Waals surface area contributed by atoms with Gasteiger partial charge in [0, 0.05) is 18.8 Å². The second kappa shape index (κ2) is 4.01. The number of hydrogen-bond acceptors (Lipinski definition) is 2. The third-order valence-electron chi connectivity index (χ3n) is 2.52. The standard InChI is InChI=1S/C12H11FN2O2/c1-7-5-8(3-4-9(7)13)10-6-15(2)11(14-10)12(16)17/h3-6H,1-2H3,(H,16,17). The van der Waals surface area contributed by atoms with E-state index in [1.807, 2.05) is 0 Å². The fourth-order valence-corrected chi connectivity index (χ4v) is 1.61. The van der Waals surface area contributed by atoms with Gasteiger partial charge in [0.05, 0.1) is 5.69 Å². The number of aryl methyl sites for hydroxylation is 2.